The molecule has 2 heteroatoms. The number of unbranched alkanes of at least 4 members (excludes halogenated alkanes) is 3. The largest absolute Gasteiger partial charge is 0.143 e. The molecule has 0 spiro atoms. The van der Waals surface area contributed by atoms with Crippen LogP contribution in [0.5, 0.6) is 0 Å². The molecule has 2 aromatic rings. The molecular formula is C14H16ClS. The van der Waals surface area contributed by atoms with E-state index in [2.05, 4.69) is 18.4 Å². The average Bonchev–Trinajstić information content (AvgIpc) is 2.69. The first kappa shape index (κ1) is 11.9. The van der Waals surface area contributed by atoms with Crippen molar-refractivity contribution in [2.45, 2.75) is 32.1 Å². The predicted molar refractivity (Wildman–Crippen MR) is 74.4 cm³/mol. The Morgan fingerprint density at radius 1 is 1.19 bits per heavy atom. The zero-order chi connectivity index (χ0) is 11.4. The lowest BCUT2D eigenvalue weighted by Gasteiger charge is -2.01. The van der Waals surface area contributed by atoms with Gasteiger partial charge in [-0.2, -0.15) is 0 Å². The van der Waals surface area contributed by atoms with Crippen LogP contribution < -0.4 is 0 Å². The maximum atomic E-state index is 6.24. The van der Waals surface area contributed by atoms with Crippen LogP contribution in [0.3, 0.4) is 0 Å². The monoisotopic (exact) mass is 251 g/mol. The smallest absolute Gasteiger partial charge is 0.0495 e. The lowest BCUT2D eigenvalue weighted by Crippen LogP contribution is -1.84. The molecule has 0 N–H and O–H groups in total. The second-order valence-corrected chi connectivity index (χ2v) is 5.36. The highest BCUT2D eigenvalue weighted by molar-refractivity contribution is 7.17. The first-order chi connectivity index (χ1) is 7.83. The standard InChI is InChI=1S/C14H16ClS/c1-2-3-4-5-7-11-10-16-13-9-6-8-12(15)14(11)13/h6,8-10H,1-5,7H2. The van der Waals surface area contributed by atoms with Crippen molar-refractivity contribution in [3.05, 3.63) is 41.1 Å². The summed E-state index contributed by atoms with van der Waals surface area (Å²) in [4.78, 5) is 0. The molecule has 0 nitrogen and oxygen atoms in total. The van der Waals surface area contributed by atoms with Crippen molar-refractivity contribution >= 4 is 33.0 Å². The van der Waals surface area contributed by atoms with Gasteiger partial charge in [-0.05, 0) is 35.9 Å². The summed E-state index contributed by atoms with van der Waals surface area (Å²) < 4.78 is 1.31. The minimum absolute atomic E-state index is 0.894. The van der Waals surface area contributed by atoms with Crippen LogP contribution in [-0.4, -0.2) is 0 Å². The van der Waals surface area contributed by atoms with Crippen LogP contribution in [0.4, 0.5) is 0 Å². The number of fused-ring (bicyclic) bond motifs is 1. The minimum atomic E-state index is 0.894. The Labute approximate surface area is 106 Å². The van der Waals surface area contributed by atoms with Gasteiger partial charge in [-0.25, -0.2) is 0 Å². The Morgan fingerprint density at radius 2 is 2.06 bits per heavy atom. The quantitative estimate of drug-likeness (QED) is 0.617. The summed E-state index contributed by atoms with van der Waals surface area (Å²) in [6.07, 6.45) is 5.93. The van der Waals surface area contributed by atoms with Crippen LogP contribution in [0.2, 0.25) is 5.02 Å². The van der Waals surface area contributed by atoms with E-state index in [1.165, 1.54) is 34.9 Å². The van der Waals surface area contributed by atoms with Gasteiger partial charge in [0.15, 0.2) is 0 Å². The summed E-state index contributed by atoms with van der Waals surface area (Å²) in [6, 6.07) is 6.15. The molecule has 2 rings (SSSR count). The Kier molecular flexibility index (Phi) is 4.25. The number of hydrogen-bond acceptors (Lipinski definition) is 1. The summed E-state index contributed by atoms with van der Waals surface area (Å²) in [7, 11) is 0. The average molecular weight is 252 g/mol. The third-order valence-corrected chi connectivity index (χ3v) is 4.13. The van der Waals surface area contributed by atoms with Crippen LogP contribution >= 0.6 is 22.9 Å². The van der Waals surface area contributed by atoms with E-state index in [-0.39, 0.29) is 0 Å². The van der Waals surface area contributed by atoms with Crippen molar-refractivity contribution in [3.63, 3.8) is 0 Å². The van der Waals surface area contributed by atoms with Crippen molar-refractivity contribution in [1.82, 2.24) is 0 Å². The highest BCUT2D eigenvalue weighted by Gasteiger charge is 2.06. The topological polar surface area (TPSA) is 0 Å². The SMILES string of the molecule is [CH2]CCCCCc1csc2cccc(Cl)c12. The van der Waals surface area contributed by atoms with Gasteiger partial charge in [-0.15, -0.1) is 11.3 Å². The Bertz CT molecular complexity index is 459. The van der Waals surface area contributed by atoms with E-state index in [9.17, 15) is 0 Å². The first-order valence-electron chi connectivity index (χ1n) is 5.77. The van der Waals surface area contributed by atoms with Crippen molar-refractivity contribution in [2.75, 3.05) is 0 Å². The van der Waals surface area contributed by atoms with Crippen LogP contribution in [0.25, 0.3) is 10.1 Å². The molecule has 16 heavy (non-hydrogen) atoms. The van der Waals surface area contributed by atoms with E-state index >= 15 is 0 Å². The molecule has 85 valence electrons. The number of rotatable bonds is 5. The molecular weight excluding hydrogens is 236 g/mol. The van der Waals surface area contributed by atoms with Gasteiger partial charge in [0.25, 0.3) is 0 Å². The Balaban J connectivity index is 2.12. The van der Waals surface area contributed by atoms with Gasteiger partial charge in [-0.3, -0.25) is 0 Å². The molecule has 1 radical (unpaired) electrons. The van der Waals surface area contributed by atoms with Gasteiger partial charge < -0.3 is 0 Å². The van der Waals surface area contributed by atoms with E-state index in [4.69, 9.17) is 11.6 Å². The van der Waals surface area contributed by atoms with Crippen molar-refractivity contribution in [3.8, 4) is 0 Å². The number of aryl methyl sites for hydroxylation is 1. The van der Waals surface area contributed by atoms with E-state index in [0.717, 1.165) is 17.9 Å². The van der Waals surface area contributed by atoms with Gasteiger partial charge in [-0.1, -0.05) is 43.9 Å². The highest BCUT2D eigenvalue weighted by atomic mass is 35.5. The fourth-order valence-electron chi connectivity index (χ4n) is 1.96. The summed E-state index contributed by atoms with van der Waals surface area (Å²) in [5.41, 5.74) is 1.41. The third-order valence-electron chi connectivity index (χ3n) is 2.82. The Hall–Kier alpha value is -0.530. The zero-order valence-corrected chi connectivity index (χ0v) is 10.9. The maximum Gasteiger partial charge on any atom is 0.0495 e. The summed E-state index contributed by atoms with van der Waals surface area (Å²) >= 11 is 8.04. The van der Waals surface area contributed by atoms with Gasteiger partial charge in [0.2, 0.25) is 0 Å². The summed E-state index contributed by atoms with van der Waals surface area (Å²) in [6.45, 7) is 3.87. The van der Waals surface area contributed by atoms with Gasteiger partial charge >= 0.3 is 0 Å². The molecule has 0 aliphatic heterocycles. The minimum Gasteiger partial charge on any atom is -0.143 e. The normalized spacial score (nSPS) is 11.1. The molecule has 1 heterocycles. The number of halogens is 1. The summed E-state index contributed by atoms with van der Waals surface area (Å²) in [5.74, 6) is 0. The van der Waals surface area contributed by atoms with Crippen LogP contribution in [0.1, 0.15) is 31.2 Å². The fraction of sp³-hybridized carbons (Fsp3) is 0.357. The van der Waals surface area contributed by atoms with Crippen LogP contribution in [-0.2, 0) is 6.42 Å². The zero-order valence-electron chi connectivity index (χ0n) is 9.34. The molecule has 0 aliphatic rings. The molecule has 1 aromatic carbocycles. The van der Waals surface area contributed by atoms with Gasteiger partial charge in [0, 0.05) is 15.1 Å². The number of hydrogen-bond donors (Lipinski definition) is 0. The molecule has 0 fully saturated rings. The third kappa shape index (κ3) is 2.58. The molecule has 0 amide bonds. The fourth-order valence-corrected chi connectivity index (χ4v) is 3.33. The molecule has 0 saturated carbocycles. The number of benzene rings is 1. The summed E-state index contributed by atoms with van der Waals surface area (Å²) in [5, 5.41) is 4.41. The van der Waals surface area contributed by atoms with Crippen molar-refractivity contribution in [1.29, 1.82) is 0 Å². The maximum absolute atomic E-state index is 6.24. The van der Waals surface area contributed by atoms with E-state index in [0.29, 0.717) is 0 Å². The van der Waals surface area contributed by atoms with Gasteiger partial charge in [0.1, 0.15) is 0 Å². The lowest BCUT2D eigenvalue weighted by molar-refractivity contribution is 0.688. The molecule has 0 atom stereocenters. The predicted octanol–water partition coefficient (Wildman–Crippen LogP) is 5.49. The van der Waals surface area contributed by atoms with E-state index in [1.54, 1.807) is 11.3 Å². The second kappa shape index (κ2) is 5.70. The van der Waals surface area contributed by atoms with Crippen LogP contribution in [0.15, 0.2) is 23.6 Å². The van der Waals surface area contributed by atoms with E-state index < -0.39 is 0 Å². The first-order valence-corrected chi connectivity index (χ1v) is 7.02. The molecule has 0 aliphatic carbocycles. The lowest BCUT2D eigenvalue weighted by atomic mass is 10.1. The molecule has 1 aromatic heterocycles. The Morgan fingerprint density at radius 3 is 2.88 bits per heavy atom. The number of thiophene rings is 1. The molecule has 0 unspecified atom stereocenters. The second-order valence-electron chi connectivity index (χ2n) is 4.04. The van der Waals surface area contributed by atoms with Crippen LogP contribution in [0, 0.1) is 6.92 Å². The van der Waals surface area contributed by atoms with Crippen molar-refractivity contribution in [2.24, 2.45) is 0 Å². The highest BCUT2D eigenvalue weighted by Crippen LogP contribution is 2.32. The van der Waals surface area contributed by atoms with Gasteiger partial charge in [0.05, 0.1) is 0 Å². The molecule has 0 bridgehead atoms. The van der Waals surface area contributed by atoms with Crippen molar-refractivity contribution < 1.29 is 0 Å². The molecule has 0 saturated heterocycles. The van der Waals surface area contributed by atoms with E-state index in [1.807, 2.05) is 12.1 Å².